The first-order valence-corrected chi connectivity index (χ1v) is 11.7. The molecule has 0 bridgehead atoms. The Labute approximate surface area is 200 Å². The third-order valence-corrected chi connectivity index (χ3v) is 6.28. The fourth-order valence-corrected chi connectivity index (χ4v) is 4.42. The van der Waals surface area contributed by atoms with Crippen LogP contribution in [0.25, 0.3) is 11.6 Å². The second-order valence-electron chi connectivity index (χ2n) is 7.54. The summed E-state index contributed by atoms with van der Waals surface area (Å²) in [6.45, 7) is 5.04. The molecule has 34 heavy (non-hydrogen) atoms. The highest BCUT2D eigenvalue weighted by Crippen LogP contribution is 2.32. The van der Waals surface area contributed by atoms with E-state index in [1.807, 2.05) is 59.2 Å². The molecule has 1 aliphatic rings. The van der Waals surface area contributed by atoms with Gasteiger partial charge in [0, 0.05) is 24.4 Å². The first-order valence-electron chi connectivity index (χ1n) is 10.7. The first-order chi connectivity index (χ1) is 16.7. The molecule has 8 nitrogen and oxygen atoms in total. The van der Waals surface area contributed by atoms with Gasteiger partial charge in [0.1, 0.15) is 0 Å². The van der Waals surface area contributed by atoms with E-state index in [4.69, 9.17) is 13.9 Å². The van der Waals surface area contributed by atoms with E-state index >= 15 is 0 Å². The molecule has 1 N–H and O–H groups in total. The van der Waals surface area contributed by atoms with Crippen LogP contribution in [0.15, 0.2) is 83.1 Å². The van der Waals surface area contributed by atoms with Gasteiger partial charge >= 0.3 is 0 Å². The van der Waals surface area contributed by atoms with E-state index in [1.54, 1.807) is 24.1 Å². The zero-order chi connectivity index (χ0) is 23.3. The lowest BCUT2D eigenvalue weighted by atomic mass is 10.1. The minimum atomic E-state index is -0.134. The average molecular weight is 475 g/mol. The Balaban J connectivity index is 1.18. The smallest absolute Gasteiger partial charge is 0.251 e. The Morgan fingerprint density at radius 2 is 1.91 bits per heavy atom. The molecule has 0 aliphatic carbocycles. The van der Waals surface area contributed by atoms with Crippen LogP contribution in [-0.4, -0.2) is 27.5 Å². The molecule has 4 aromatic rings. The average Bonchev–Trinajstić information content (AvgIpc) is 3.62. The van der Waals surface area contributed by atoms with Gasteiger partial charge in [0.2, 0.25) is 12.6 Å². The van der Waals surface area contributed by atoms with Crippen LogP contribution in [-0.2, 0) is 18.8 Å². The number of benzene rings is 2. The highest BCUT2D eigenvalue weighted by Gasteiger charge is 2.16. The van der Waals surface area contributed by atoms with Gasteiger partial charge in [0.15, 0.2) is 22.4 Å². The summed E-state index contributed by atoms with van der Waals surface area (Å²) in [5.74, 6) is 3.31. The normalized spacial score (nSPS) is 12.0. The van der Waals surface area contributed by atoms with Crippen molar-refractivity contribution in [2.75, 3.05) is 6.79 Å². The van der Waals surface area contributed by atoms with Gasteiger partial charge in [0.25, 0.3) is 5.91 Å². The number of nitrogens with one attached hydrogen (secondary N) is 1. The van der Waals surface area contributed by atoms with E-state index in [0.29, 0.717) is 41.7 Å². The topological polar surface area (TPSA) is 91.4 Å². The van der Waals surface area contributed by atoms with E-state index in [-0.39, 0.29) is 12.7 Å². The first kappa shape index (κ1) is 21.8. The molecule has 0 fully saturated rings. The number of allylic oxidation sites excluding steroid dienone is 1. The van der Waals surface area contributed by atoms with E-state index in [0.717, 1.165) is 22.0 Å². The van der Waals surface area contributed by atoms with Crippen LogP contribution in [0.3, 0.4) is 0 Å². The maximum Gasteiger partial charge on any atom is 0.251 e. The molecule has 3 heterocycles. The van der Waals surface area contributed by atoms with Crippen molar-refractivity contribution in [1.29, 1.82) is 0 Å². The van der Waals surface area contributed by atoms with Gasteiger partial charge in [-0.15, -0.1) is 16.8 Å². The Hall–Kier alpha value is -3.98. The van der Waals surface area contributed by atoms with Crippen LogP contribution in [0.2, 0.25) is 0 Å². The number of hydrogen-bond donors (Lipinski definition) is 1. The number of nitrogens with zero attached hydrogens (tertiary/aromatic N) is 3. The summed E-state index contributed by atoms with van der Waals surface area (Å²) in [6, 6.07) is 16.9. The van der Waals surface area contributed by atoms with Gasteiger partial charge in [-0.05, 0) is 47.5 Å². The van der Waals surface area contributed by atoms with Crippen LogP contribution in [0.4, 0.5) is 0 Å². The number of furan rings is 1. The number of hydrogen-bond acceptors (Lipinski definition) is 7. The second-order valence-corrected chi connectivity index (χ2v) is 8.48. The third kappa shape index (κ3) is 4.69. The number of fused-ring (bicyclic) bond motifs is 1. The van der Waals surface area contributed by atoms with Crippen molar-refractivity contribution in [3.05, 3.63) is 90.2 Å². The Morgan fingerprint density at radius 1 is 1.09 bits per heavy atom. The molecule has 0 unspecified atom stereocenters. The number of thioether (sulfide) groups is 1. The van der Waals surface area contributed by atoms with Gasteiger partial charge < -0.3 is 19.2 Å². The van der Waals surface area contributed by atoms with E-state index in [9.17, 15) is 4.79 Å². The molecule has 0 atom stereocenters. The minimum absolute atomic E-state index is 0.134. The molecule has 2 aromatic carbocycles. The SMILES string of the molecule is C=CCn1c(SCc2ccc(C(=O)NCc3ccc4c(c3)OCO4)cc2)nnc1-c1ccco1. The molecule has 9 heteroatoms. The molecule has 0 saturated carbocycles. The lowest BCUT2D eigenvalue weighted by Gasteiger charge is -2.08. The number of carbonyl (C=O) groups excluding carboxylic acids is 1. The lowest BCUT2D eigenvalue weighted by Crippen LogP contribution is -2.22. The number of ether oxygens (including phenoxy) is 2. The summed E-state index contributed by atoms with van der Waals surface area (Å²) < 4.78 is 18.1. The van der Waals surface area contributed by atoms with E-state index in [1.165, 1.54) is 0 Å². The maximum absolute atomic E-state index is 12.6. The highest BCUT2D eigenvalue weighted by molar-refractivity contribution is 7.98. The van der Waals surface area contributed by atoms with Crippen molar-refractivity contribution in [3.8, 4) is 23.1 Å². The van der Waals surface area contributed by atoms with Crippen molar-refractivity contribution >= 4 is 17.7 Å². The predicted octanol–water partition coefficient (Wildman–Crippen LogP) is 4.68. The Kier molecular flexibility index (Phi) is 6.35. The predicted molar refractivity (Wildman–Crippen MR) is 128 cm³/mol. The van der Waals surface area contributed by atoms with Crippen molar-refractivity contribution in [3.63, 3.8) is 0 Å². The summed E-state index contributed by atoms with van der Waals surface area (Å²) in [6.07, 6.45) is 3.42. The lowest BCUT2D eigenvalue weighted by molar-refractivity contribution is 0.0951. The molecular weight excluding hydrogens is 452 g/mol. The molecule has 172 valence electrons. The molecule has 1 aliphatic heterocycles. The fraction of sp³-hybridized carbons (Fsp3) is 0.160. The molecule has 2 aromatic heterocycles. The molecule has 5 rings (SSSR count). The molecule has 0 spiro atoms. The number of amides is 1. The van der Waals surface area contributed by atoms with Crippen LogP contribution in [0.5, 0.6) is 11.5 Å². The van der Waals surface area contributed by atoms with Crippen LogP contribution < -0.4 is 14.8 Å². The largest absolute Gasteiger partial charge is 0.461 e. The molecule has 0 saturated heterocycles. The molecular formula is C25H22N4O4S. The van der Waals surface area contributed by atoms with Crippen LogP contribution >= 0.6 is 11.8 Å². The number of carbonyl (C=O) groups is 1. The summed E-state index contributed by atoms with van der Waals surface area (Å²) >= 11 is 1.57. The monoisotopic (exact) mass is 474 g/mol. The molecule has 0 radical (unpaired) electrons. The van der Waals surface area contributed by atoms with E-state index in [2.05, 4.69) is 22.1 Å². The Morgan fingerprint density at radius 3 is 2.71 bits per heavy atom. The van der Waals surface area contributed by atoms with Crippen molar-refractivity contribution < 1.29 is 18.7 Å². The van der Waals surface area contributed by atoms with Gasteiger partial charge in [0.05, 0.1) is 6.26 Å². The third-order valence-electron chi connectivity index (χ3n) is 5.24. The highest BCUT2D eigenvalue weighted by atomic mass is 32.2. The fourth-order valence-electron chi connectivity index (χ4n) is 3.51. The standard InChI is InChI=1S/C25H22N4O4S/c1-2-11-29-23(21-4-3-12-31-21)27-28-25(29)34-15-17-5-8-19(9-6-17)24(30)26-14-18-7-10-20-22(13-18)33-16-32-20/h2-10,12-13H,1,11,14-16H2,(H,26,30). The zero-order valence-electron chi connectivity index (χ0n) is 18.3. The minimum Gasteiger partial charge on any atom is -0.461 e. The van der Waals surface area contributed by atoms with Crippen LogP contribution in [0.1, 0.15) is 21.5 Å². The summed E-state index contributed by atoms with van der Waals surface area (Å²) in [5.41, 5.74) is 2.62. The van der Waals surface area contributed by atoms with Crippen LogP contribution in [0, 0.1) is 0 Å². The number of aromatic nitrogens is 3. The van der Waals surface area contributed by atoms with Gasteiger partial charge in [-0.25, -0.2) is 0 Å². The van der Waals surface area contributed by atoms with Gasteiger partial charge in [-0.2, -0.15) is 0 Å². The van der Waals surface area contributed by atoms with Gasteiger partial charge in [-0.1, -0.05) is 36.0 Å². The summed E-state index contributed by atoms with van der Waals surface area (Å²) in [4.78, 5) is 12.6. The number of rotatable bonds is 9. The Bertz CT molecular complexity index is 1300. The maximum atomic E-state index is 12.6. The quantitative estimate of drug-likeness (QED) is 0.278. The summed E-state index contributed by atoms with van der Waals surface area (Å²) in [5, 5.41) is 12.3. The zero-order valence-corrected chi connectivity index (χ0v) is 19.1. The van der Waals surface area contributed by atoms with Gasteiger partial charge in [-0.3, -0.25) is 9.36 Å². The van der Waals surface area contributed by atoms with Crippen molar-refractivity contribution in [1.82, 2.24) is 20.1 Å². The second kappa shape index (κ2) is 9.88. The van der Waals surface area contributed by atoms with E-state index < -0.39 is 0 Å². The molecule has 1 amide bonds. The van der Waals surface area contributed by atoms with Crippen molar-refractivity contribution in [2.45, 2.75) is 24.0 Å². The summed E-state index contributed by atoms with van der Waals surface area (Å²) in [7, 11) is 0. The van der Waals surface area contributed by atoms with Crippen molar-refractivity contribution in [2.24, 2.45) is 0 Å².